The van der Waals surface area contributed by atoms with Gasteiger partial charge >= 0.3 is 0 Å². The van der Waals surface area contributed by atoms with E-state index in [0.29, 0.717) is 10.7 Å². The van der Waals surface area contributed by atoms with Gasteiger partial charge in [0.25, 0.3) is 0 Å². The highest BCUT2D eigenvalue weighted by molar-refractivity contribution is 6.34. The number of rotatable bonds is 2. The predicted molar refractivity (Wildman–Crippen MR) is 98.6 cm³/mol. The number of nitrogens with one attached hydrogen (secondary N) is 1. The molecule has 23 heavy (non-hydrogen) atoms. The van der Waals surface area contributed by atoms with E-state index in [1.54, 1.807) is 6.07 Å². The number of aryl methyl sites for hydroxylation is 3. The van der Waals surface area contributed by atoms with Gasteiger partial charge in [-0.2, -0.15) is 4.99 Å². The lowest BCUT2D eigenvalue weighted by Gasteiger charge is -2.10. The molecule has 0 saturated heterocycles. The topological polar surface area (TPSA) is 88.8 Å². The number of hydrogen-bond donors (Lipinski definition) is 3. The quantitative estimate of drug-likeness (QED) is 0.580. The minimum Gasteiger partial charge on any atom is -0.369 e. The number of nitrogens with two attached hydrogens (primary N) is 2. The fourth-order valence-electron chi connectivity index (χ4n) is 2.19. The monoisotopic (exact) mass is 329 g/mol. The molecule has 0 heterocycles. The van der Waals surface area contributed by atoms with Crippen molar-refractivity contribution >= 4 is 34.9 Å². The van der Waals surface area contributed by atoms with Gasteiger partial charge in [-0.3, -0.25) is 0 Å². The maximum atomic E-state index is 6.15. The molecule has 5 N–H and O–H groups in total. The zero-order chi connectivity index (χ0) is 17.0. The molecule has 120 valence electrons. The van der Waals surface area contributed by atoms with Gasteiger partial charge < -0.3 is 16.8 Å². The van der Waals surface area contributed by atoms with E-state index in [0.717, 1.165) is 22.4 Å². The maximum Gasteiger partial charge on any atom is 0.223 e. The maximum absolute atomic E-state index is 6.15. The summed E-state index contributed by atoms with van der Waals surface area (Å²) in [5, 5.41) is 3.52. The predicted octanol–water partition coefficient (Wildman–Crippen LogP) is 3.64. The van der Waals surface area contributed by atoms with Gasteiger partial charge in [0, 0.05) is 0 Å². The average Bonchev–Trinajstić information content (AvgIpc) is 2.47. The van der Waals surface area contributed by atoms with Crippen LogP contribution in [0.4, 0.5) is 11.4 Å². The van der Waals surface area contributed by atoms with Crippen LogP contribution in [0.2, 0.25) is 5.02 Å². The number of anilines is 1. The number of para-hydroxylation sites is 2. The number of halogens is 1. The van der Waals surface area contributed by atoms with Crippen LogP contribution in [0, 0.1) is 20.8 Å². The van der Waals surface area contributed by atoms with Crippen molar-refractivity contribution in [1.29, 1.82) is 0 Å². The Bertz CT molecular complexity index is 740. The zero-order valence-electron chi connectivity index (χ0n) is 13.4. The summed E-state index contributed by atoms with van der Waals surface area (Å²) < 4.78 is 0. The molecular weight excluding hydrogens is 310 g/mol. The van der Waals surface area contributed by atoms with Crippen molar-refractivity contribution in [2.75, 3.05) is 5.32 Å². The SMILES string of the molecule is Cc1cccc(C)c1N=C(N)/N=C(\N)Nc1c(C)cccc1Cl. The molecule has 6 heteroatoms. The second-order valence-corrected chi connectivity index (χ2v) is 5.67. The largest absolute Gasteiger partial charge is 0.369 e. The lowest BCUT2D eigenvalue weighted by molar-refractivity contribution is 1.30. The smallest absolute Gasteiger partial charge is 0.223 e. The Morgan fingerprint density at radius 3 is 2.13 bits per heavy atom. The van der Waals surface area contributed by atoms with Crippen molar-refractivity contribution in [3.05, 3.63) is 58.1 Å². The zero-order valence-corrected chi connectivity index (χ0v) is 14.1. The minimum atomic E-state index is 0.0807. The summed E-state index contributed by atoms with van der Waals surface area (Å²) in [6, 6.07) is 11.5. The molecule has 0 atom stereocenters. The summed E-state index contributed by atoms with van der Waals surface area (Å²) in [4.78, 5) is 8.42. The normalized spacial score (nSPS) is 12.3. The molecule has 0 radical (unpaired) electrons. The average molecular weight is 330 g/mol. The van der Waals surface area contributed by atoms with Gasteiger partial charge in [0.15, 0.2) is 0 Å². The molecule has 0 saturated carbocycles. The number of hydrogen-bond acceptors (Lipinski definition) is 1. The van der Waals surface area contributed by atoms with E-state index < -0.39 is 0 Å². The first kappa shape index (κ1) is 16.8. The molecule has 5 nitrogen and oxygen atoms in total. The second-order valence-electron chi connectivity index (χ2n) is 5.26. The van der Waals surface area contributed by atoms with Crippen LogP contribution < -0.4 is 16.8 Å². The molecule has 2 aromatic rings. The van der Waals surface area contributed by atoms with Gasteiger partial charge in [0.05, 0.1) is 16.4 Å². The van der Waals surface area contributed by atoms with Crippen LogP contribution in [0.15, 0.2) is 46.4 Å². The van der Waals surface area contributed by atoms with Crippen LogP contribution in [-0.2, 0) is 0 Å². The molecule has 0 fully saturated rings. The highest BCUT2D eigenvalue weighted by Gasteiger charge is 2.06. The highest BCUT2D eigenvalue weighted by atomic mass is 35.5. The van der Waals surface area contributed by atoms with Crippen molar-refractivity contribution in [3.8, 4) is 0 Å². The standard InChI is InChI=1S/C17H20ClN5/c1-10-6-4-7-11(2)14(10)21-16(19)23-17(20)22-15-12(3)8-5-9-13(15)18/h4-9H,1-3H3,(H5,19,20,21,22,23). The van der Waals surface area contributed by atoms with Crippen LogP contribution in [0.1, 0.15) is 16.7 Å². The van der Waals surface area contributed by atoms with Crippen LogP contribution in [0.3, 0.4) is 0 Å². The van der Waals surface area contributed by atoms with Gasteiger partial charge in [-0.05, 0) is 43.5 Å². The third-order valence-electron chi connectivity index (χ3n) is 3.38. The number of aliphatic imine (C=N–C) groups is 2. The van der Waals surface area contributed by atoms with Crippen molar-refractivity contribution < 1.29 is 0 Å². The summed E-state index contributed by atoms with van der Waals surface area (Å²) in [7, 11) is 0. The molecule has 2 aromatic carbocycles. The number of guanidine groups is 2. The Balaban J connectivity index is 2.25. The molecule has 0 aliphatic heterocycles. The Morgan fingerprint density at radius 2 is 1.52 bits per heavy atom. The summed E-state index contributed by atoms with van der Waals surface area (Å²) >= 11 is 6.15. The Kier molecular flexibility index (Phi) is 5.24. The molecule has 0 spiro atoms. The van der Waals surface area contributed by atoms with Gasteiger partial charge in [0.1, 0.15) is 0 Å². The number of benzene rings is 2. The van der Waals surface area contributed by atoms with Crippen molar-refractivity contribution in [2.24, 2.45) is 21.5 Å². The third-order valence-corrected chi connectivity index (χ3v) is 3.69. The molecule has 0 aliphatic carbocycles. The lowest BCUT2D eigenvalue weighted by atomic mass is 10.1. The summed E-state index contributed by atoms with van der Waals surface area (Å²) in [6.45, 7) is 5.87. The first-order chi connectivity index (χ1) is 10.9. The fourth-order valence-corrected chi connectivity index (χ4v) is 2.46. The van der Waals surface area contributed by atoms with E-state index in [4.69, 9.17) is 23.1 Å². The third kappa shape index (κ3) is 4.23. The van der Waals surface area contributed by atoms with Crippen molar-refractivity contribution in [2.45, 2.75) is 20.8 Å². The van der Waals surface area contributed by atoms with E-state index in [-0.39, 0.29) is 11.9 Å². The molecule has 0 bridgehead atoms. The van der Waals surface area contributed by atoms with Gasteiger partial charge in [-0.1, -0.05) is 41.9 Å². The molecular formula is C17H20ClN5. The molecule has 0 aliphatic rings. The van der Waals surface area contributed by atoms with E-state index in [1.807, 2.05) is 51.1 Å². The molecule has 0 unspecified atom stereocenters. The van der Waals surface area contributed by atoms with E-state index in [2.05, 4.69) is 15.3 Å². The second kappa shape index (κ2) is 7.15. The van der Waals surface area contributed by atoms with Crippen LogP contribution in [-0.4, -0.2) is 11.9 Å². The molecule has 2 rings (SSSR count). The van der Waals surface area contributed by atoms with Crippen molar-refractivity contribution in [3.63, 3.8) is 0 Å². The van der Waals surface area contributed by atoms with Crippen molar-refractivity contribution in [1.82, 2.24) is 0 Å². The fraction of sp³-hybridized carbons (Fsp3) is 0.176. The van der Waals surface area contributed by atoms with E-state index in [1.165, 1.54) is 0 Å². The van der Waals surface area contributed by atoms with Gasteiger partial charge in [0.2, 0.25) is 11.9 Å². The first-order valence-electron chi connectivity index (χ1n) is 7.15. The number of nitrogens with zero attached hydrogens (tertiary/aromatic N) is 2. The summed E-state index contributed by atoms with van der Waals surface area (Å²) in [5.41, 5.74) is 16.3. The summed E-state index contributed by atoms with van der Waals surface area (Å²) in [6.07, 6.45) is 0. The highest BCUT2D eigenvalue weighted by Crippen LogP contribution is 2.25. The Hall–Kier alpha value is -2.53. The Labute approximate surface area is 141 Å². The van der Waals surface area contributed by atoms with Crippen LogP contribution in [0.25, 0.3) is 0 Å². The summed E-state index contributed by atoms with van der Waals surface area (Å²) in [5.74, 6) is 0.214. The first-order valence-corrected chi connectivity index (χ1v) is 7.53. The van der Waals surface area contributed by atoms with Crippen LogP contribution >= 0.6 is 11.6 Å². The van der Waals surface area contributed by atoms with E-state index >= 15 is 0 Å². The lowest BCUT2D eigenvalue weighted by Crippen LogP contribution is -2.26. The minimum absolute atomic E-state index is 0.0807. The van der Waals surface area contributed by atoms with Crippen LogP contribution in [0.5, 0.6) is 0 Å². The molecule has 0 amide bonds. The van der Waals surface area contributed by atoms with E-state index in [9.17, 15) is 0 Å². The van der Waals surface area contributed by atoms with Gasteiger partial charge in [-0.15, -0.1) is 0 Å². The molecule has 0 aromatic heterocycles. The van der Waals surface area contributed by atoms with Gasteiger partial charge in [-0.25, -0.2) is 4.99 Å². The Morgan fingerprint density at radius 1 is 0.957 bits per heavy atom.